The third-order valence-corrected chi connectivity index (χ3v) is 3.90. The Morgan fingerprint density at radius 2 is 2.24 bits per heavy atom. The molecule has 2 heterocycles. The quantitative estimate of drug-likeness (QED) is 0.783. The first kappa shape index (κ1) is 13.5. The summed E-state index contributed by atoms with van der Waals surface area (Å²) in [6, 6.07) is 4.95. The molecule has 1 aromatic heterocycles. The molecule has 1 saturated heterocycles. The minimum atomic E-state index is -0.402. The molecule has 1 aliphatic heterocycles. The van der Waals surface area contributed by atoms with E-state index in [4.69, 9.17) is 16.9 Å². The standard InChI is InChI=1S/C15H10ClN3O2/c16-12-6-5-9(7-17)18-13(12)8-19-14(20)10-3-1-2-4-11(10)15(19)21/h1-3,5-6,11H,4,8H2. The van der Waals surface area contributed by atoms with Gasteiger partial charge in [-0.2, -0.15) is 5.26 Å². The summed E-state index contributed by atoms with van der Waals surface area (Å²) in [5.74, 6) is -0.953. The molecule has 2 aliphatic rings. The fraction of sp³-hybridized carbons (Fsp3) is 0.200. The Balaban J connectivity index is 1.91. The molecule has 1 atom stereocenters. The summed E-state index contributed by atoms with van der Waals surface area (Å²) in [7, 11) is 0. The predicted octanol–water partition coefficient (Wildman–Crippen LogP) is 1.98. The molecule has 21 heavy (non-hydrogen) atoms. The zero-order chi connectivity index (χ0) is 15.0. The summed E-state index contributed by atoms with van der Waals surface area (Å²) in [5, 5.41) is 9.20. The molecule has 1 unspecified atom stereocenters. The number of imide groups is 1. The third-order valence-electron chi connectivity index (χ3n) is 3.56. The van der Waals surface area contributed by atoms with Gasteiger partial charge in [0.05, 0.1) is 23.2 Å². The summed E-state index contributed by atoms with van der Waals surface area (Å²) in [5.41, 5.74) is 1.06. The van der Waals surface area contributed by atoms with E-state index in [1.807, 2.05) is 12.1 Å². The number of carbonyl (C=O) groups is 2. The van der Waals surface area contributed by atoms with Crippen LogP contribution >= 0.6 is 11.6 Å². The Morgan fingerprint density at radius 1 is 1.43 bits per heavy atom. The first-order valence-corrected chi connectivity index (χ1v) is 6.77. The molecule has 0 bridgehead atoms. The van der Waals surface area contributed by atoms with Crippen LogP contribution in [0.3, 0.4) is 0 Å². The van der Waals surface area contributed by atoms with Gasteiger partial charge in [0.1, 0.15) is 11.8 Å². The Bertz CT molecular complexity index is 746. The monoisotopic (exact) mass is 299 g/mol. The molecule has 1 aromatic rings. The van der Waals surface area contributed by atoms with Gasteiger partial charge in [-0.1, -0.05) is 29.8 Å². The molecule has 0 aromatic carbocycles. The van der Waals surface area contributed by atoms with E-state index >= 15 is 0 Å². The van der Waals surface area contributed by atoms with Crippen molar-refractivity contribution in [2.24, 2.45) is 5.92 Å². The maximum atomic E-state index is 12.3. The van der Waals surface area contributed by atoms with E-state index in [-0.39, 0.29) is 24.1 Å². The molecular weight excluding hydrogens is 290 g/mol. The normalized spacial score (nSPS) is 20.3. The van der Waals surface area contributed by atoms with Gasteiger partial charge in [0.25, 0.3) is 5.91 Å². The van der Waals surface area contributed by atoms with E-state index in [2.05, 4.69) is 4.98 Å². The van der Waals surface area contributed by atoms with Crippen LogP contribution in [-0.4, -0.2) is 21.7 Å². The SMILES string of the molecule is N#Cc1ccc(Cl)c(CN2C(=O)C3=CC=CCC3C2=O)n1. The average molecular weight is 300 g/mol. The zero-order valence-corrected chi connectivity index (χ0v) is 11.7. The second-order valence-corrected chi connectivity index (χ2v) is 5.21. The van der Waals surface area contributed by atoms with Crippen molar-refractivity contribution in [2.75, 3.05) is 0 Å². The number of pyridine rings is 1. The van der Waals surface area contributed by atoms with Crippen LogP contribution < -0.4 is 0 Å². The molecule has 1 aliphatic carbocycles. The van der Waals surface area contributed by atoms with Gasteiger partial charge in [-0.05, 0) is 18.6 Å². The van der Waals surface area contributed by atoms with E-state index in [0.29, 0.717) is 22.7 Å². The maximum Gasteiger partial charge on any atom is 0.257 e. The lowest BCUT2D eigenvalue weighted by atomic mass is 9.94. The minimum absolute atomic E-state index is 0.0140. The predicted molar refractivity (Wildman–Crippen MR) is 74.8 cm³/mol. The molecule has 104 valence electrons. The fourth-order valence-corrected chi connectivity index (χ4v) is 2.65. The van der Waals surface area contributed by atoms with Gasteiger partial charge >= 0.3 is 0 Å². The molecule has 6 heteroatoms. The van der Waals surface area contributed by atoms with Gasteiger partial charge in [-0.15, -0.1) is 0 Å². The summed E-state index contributed by atoms with van der Waals surface area (Å²) < 4.78 is 0. The Labute approximate surface area is 126 Å². The van der Waals surface area contributed by atoms with Crippen molar-refractivity contribution in [3.05, 3.63) is 52.3 Å². The van der Waals surface area contributed by atoms with Crippen molar-refractivity contribution in [2.45, 2.75) is 13.0 Å². The molecule has 0 saturated carbocycles. The van der Waals surface area contributed by atoms with Crippen LogP contribution in [0.4, 0.5) is 0 Å². The highest BCUT2D eigenvalue weighted by Gasteiger charge is 2.43. The van der Waals surface area contributed by atoms with E-state index in [1.165, 1.54) is 6.07 Å². The highest BCUT2D eigenvalue weighted by Crippen LogP contribution is 2.32. The Morgan fingerprint density at radius 3 is 2.95 bits per heavy atom. The fourth-order valence-electron chi connectivity index (χ4n) is 2.48. The van der Waals surface area contributed by atoms with Crippen LogP contribution in [0, 0.1) is 17.2 Å². The summed E-state index contributed by atoms with van der Waals surface area (Å²) in [4.78, 5) is 29.8. The van der Waals surface area contributed by atoms with E-state index in [1.54, 1.807) is 18.2 Å². The highest BCUT2D eigenvalue weighted by molar-refractivity contribution is 6.31. The van der Waals surface area contributed by atoms with Crippen molar-refractivity contribution in [3.63, 3.8) is 0 Å². The number of nitriles is 1. The van der Waals surface area contributed by atoms with Crippen molar-refractivity contribution >= 4 is 23.4 Å². The van der Waals surface area contributed by atoms with Crippen LogP contribution in [0.2, 0.25) is 5.02 Å². The number of carbonyl (C=O) groups excluding carboxylic acids is 2. The van der Waals surface area contributed by atoms with Gasteiger partial charge in [0, 0.05) is 5.57 Å². The van der Waals surface area contributed by atoms with Crippen molar-refractivity contribution < 1.29 is 9.59 Å². The first-order chi connectivity index (χ1) is 10.1. The van der Waals surface area contributed by atoms with Crippen LogP contribution in [-0.2, 0) is 16.1 Å². The number of likely N-dealkylation sites (tertiary alicyclic amines) is 1. The second kappa shape index (κ2) is 5.15. The molecule has 0 spiro atoms. The minimum Gasteiger partial charge on any atom is -0.274 e. The van der Waals surface area contributed by atoms with E-state index in [0.717, 1.165) is 4.90 Å². The lowest BCUT2D eigenvalue weighted by Gasteiger charge is -2.14. The van der Waals surface area contributed by atoms with Crippen molar-refractivity contribution in [1.82, 2.24) is 9.88 Å². The number of hydrogen-bond donors (Lipinski definition) is 0. The van der Waals surface area contributed by atoms with Crippen LogP contribution in [0.25, 0.3) is 0 Å². The third kappa shape index (κ3) is 2.24. The zero-order valence-electron chi connectivity index (χ0n) is 10.9. The topological polar surface area (TPSA) is 74.1 Å². The maximum absolute atomic E-state index is 12.3. The number of nitrogens with zero attached hydrogens (tertiary/aromatic N) is 3. The Hall–Kier alpha value is -2.45. The number of fused-ring (bicyclic) bond motifs is 1. The van der Waals surface area contributed by atoms with Gasteiger partial charge in [0.15, 0.2) is 0 Å². The number of rotatable bonds is 2. The number of halogens is 1. The largest absolute Gasteiger partial charge is 0.274 e. The van der Waals surface area contributed by atoms with Crippen LogP contribution in [0.1, 0.15) is 17.8 Å². The van der Waals surface area contributed by atoms with Gasteiger partial charge in [-0.3, -0.25) is 14.5 Å². The van der Waals surface area contributed by atoms with Gasteiger partial charge in [0.2, 0.25) is 5.91 Å². The molecule has 5 nitrogen and oxygen atoms in total. The summed E-state index contributed by atoms with van der Waals surface area (Å²) >= 11 is 6.03. The number of amides is 2. The lowest BCUT2D eigenvalue weighted by molar-refractivity contribution is -0.139. The number of hydrogen-bond acceptors (Lipinski definition) is 4. The van der Waals surface area contributed by atoms with E-state index < -0.39 is 5.92 Å². The average Bonchev–Trinajstić information content (AvgIpc) is 2.75. The molecule has 2 amide bonds. The van der Waals surface area contributed by atoms with Gasteiger partial charge in [-0.25, -0.2) is 4.98 Å². The van der Waals surface area contributed by atoms with Crippen LogP contribution in [0.5, 0.6) is 0 Å². The highest BCUT2D eigenvalue weighted by atomic mass is 35.5. The molecule has 0 N–H and O–H groups in total. The molecule has 0 radical (unpaired) electrons. The van der Waals surface area contributed by atoms with Gasteiger partial charge < -0.3 is 0 Å². The van der Waals surface area contributed by atoms with Crippen molar-refractivity contribution in [1.29, 1.82) is 5.26 Å². The van der Waals surface area contributed by atoms with E-state index in [9.17, 15) is 9.59 Å². The second-order valence-electron chi connectivity index (χ2n) is 4.80. The lowest BCUT2D eigenvalue weighted by Crippen LogP contribution is -2.30. The molecular formula is C15H10ClN3O2. The molecule has 3 rings (SSSR count). The number of aromatic nitrogens is 1. The summed E-state index contributed by atoms with van der Waals surface area (Å²) in [6.07, 6.45) is 5.86. The number of allylic oxidation sites excluding steroid dienone is 3. The molecule has 1 fully saturated rings. The van der Waals surface area contributed by atoms with Crippen molar-refractivity contribution in [3.8, 4) is 6.07 Å². The Kier molecular flexibility index (Phi) is 3.32. The summed E-state index contributed by atoms with van der Waals surface area (Å²) in [6.45, 7) is -0.0140. The first-order valence-electron chi connectivity index (χ1n) is 6.39. The smallest absolute Gasteiger partial charge is 0.257 e. The van der Waals surface area contributed by atoms with Crippen LogP contribution in [0.15, 0.2) is 35.9 Å².